The van der Waals surface area contributed by atoms with E-state index >= 15 is 0 Å². The number of thiazole rings is 1. The number of aryl methyl sites for hydroxylation is 1. The van der Waals surface area contributed by atoms with E-state index in [-0.39, 0.29) is 18.5 Å². The van der Waals surface area contributed by atoms with Gasteiger partial charge in [-0.25, -0.2) is 4.52 Å². The van der Waals surface area contributed by atoms with Crippen LogP contribution in [0.5, 0.6) is 5.75 Å². The topological polar surface area (TPSA) is 68.5 Å². The number of ether oxygens (including phenoxy) is 1. The quantitative estimate of drug-likeness (QED) is 0.802. The molecule has 0 radical (unpaired) electrons. The molecule has 0 aliphatic rings. The molecule has 0 aliphatic carbocycles. The lowest BCUT2D eigenvalue weighted by Crippen LogP contribution is -2.20. The highest BCUT2D eigenvalue weighted by molar-refractivity contribution is 7.15. The molecule has 1 aromatic carbocycles. The maximum atomic E-state index is 11.8. The normalized spacial score (nSPS) is 10.8. The van der Waals surface area contributed by atoms with Crippen molar-refractivity contribution in [2.45, 2.75) is 6.92 Å². The minimum Gasteiger partial charge on any atom is -0.484 e. The Labute approximate surface area is 129 Å². The molecule has 108 valence electrons. The van der Waals surface area contributed by atoms with E-state index in [4.69, 9.17) is 16.3 Å². The molecule has 3 aromatic rings. The van der Waals surface area contributed by atoms with Gasteiger partial charge in [0.25, 0.3) is 11.9 Å². The first kappa shape index (κ1) is 13.8. The summed E-state index contributed by atoms with van der Waals surface area (Å²) in [4.78, 5) is 16.7. The average molecular weight is 323 g/mol. The number of carbonyl (C=O) groups excluding carboxylic acids is 1. The molecular weight excluding hydrogens is 312 g/mol. The van der Waals surface area contributed by atoms with Gasteiger partial charge in [0.05, 0.1) is 5.69 Å². The van der Waals surface area contributed by atoms with Crippen molar-refractivity contribution < 1.29 is 9.53 Å². The molecular formula is C13H11ClN4O2S. The Bertz CT molecular complexity index is 781. The van der Waals surface area contributed by atoms with Crippen molar-refractivity contribution in [2.75, 3.05) is 11.9 Å². The van der Waals surface area contributed by atoms with Gasteiger partial charge in [0.1, 0.15) is 5.75 Å². The van der Waals surface area contributed by atoms with Crippen molar-refractivity contribution in [1.82, 2.24) is 14.6 Å². The van der Waals surface area contributed by atoms with Gasteiger partial charge < -0.3 is 4.74 Å². The van der Waals surface area contributed by atoms with E-state index < -0.39 is 0 Å². The molecule has 6 nitrogen and oxygen atoms in total. The van der Waals surface area contributed by atoms with Gasteiger partial charge in [-0.15, -0.1) is 16.4 Å². The highest BCUT2D eigenvalue weighted by atomic mass is 35.5. The fourth-order valence-electron chi connectivity index (χ4n) is 1.69. The van der Waals surface area contributed by atoms with Crippen LogP contribution in [0.4, 0.5) is 5.95 Å². The van der Waals surface area contributed by atoms with Crippen LogP contribution < -0.4 is 10.1 Å². The predicted octanol–water partition coefficient (Wildman–Crippen LogP) is 2.77. The molecule has 0 atom stereocenters. The zero-order valence-corrected chi connectivity index (χ0v) is 12.6. The highest BCUT2D eigenvalue weighted by Crippen LogP contribution is 2.16. The Kier molecular flexibility index (Phi) is 3.76. The summed E-state index contributed by atoms with van der Waals surface area (Å²) in [6, 6.07) is 6.79. The van der Waals surface area contributed by atoms with Crippen LogP contribution in [-0.2, 0) is 4.79 Å². The van der Waals surface area contributed by atoms with Crippen LogP contribution in [0.15, 0.2) is 29.6 Å². The van der Waals surface area contributed by atoms with E-state index in [0.29, 0.717) is 10.8 Å². The van der Waals surface area contributed by atoms with Gasteiger partial charge in [-0.3, -0.25) is 10.1 Å². The number of nitrogens with one attached hydrogen (secondary N) is 1. The number of carbonyl (C=O) groups is 1. The zero-order chi connectivity index (χ0) is 14.8. The molecule has 8 heteroatoms. The zero-order valence-electron chi connectivity index (χ0n) is 11.0. The largest absolute Gasteiger partial charge is 0.484 e. The van der Waals surface area contributed by atoms with Gasteiger partial charge in [0.2, 0.25) is 4.96 Å². The van der Waals surface area contributed by atoms with Crippen molar-refractivity contribution in [1.29, 1.82) is 0 Å². The molecule has 1 N–H and O–H groups in total. The standard InChI is InChI=1S/C13H11ClN4O2S/c1-8-7-21-13-16-12(17-18(8)13)15-11(19)6-20-10-4-2-9(14)3-5-10/h2-5,7H,6H2,1H3,(H,15,17,19). The van der Waals surface area contributed by atoms with Crippen LogP contribution in [0.1, 0.15) is 5.69 Å². The third-order valence-electron chi connectivity index (χ3n) is 2.68. The number of amides is 1. The molecule has 2 heterocycles. The van der Waals surface area contributed by atoms with E-state index in [1.165, 1.54) is 11.3 Å². The number of hydrogen-bond acceptors (Lipinski definition) is 5. The number of fused-ring (bicyclic) bond motifs is 1. The number of aromatic nitrogens is 3. The summed E-state index contributed by atoms with van der Waals surface area (Å²) in [6.45, 7) is 1.81. The summed E-state index contributed by atoms with van der Waals surface area (Å²) in [5.74, 6) is 0.527. The van der Waals surface area contributed by atoms with E-state index in [1.807, 2.05) is 12.3 Å². The summed E-state index contributed by atoms with van der Waals surface area (Å²) in [6.07, 6.45) is 0. The van der Waals surface area contributed by atoms with E-state index in [0.717, 1.165) is 10.7 Å². The van der Waals surface area contributed by atoms with Gasteiger partial charge in [-0.05, 0) is 31.2 Å². The third-order valence-corrected chi connectivity index (χ3v) is 3.87. The molecule has 1 amide bonds. The van der Waals surface area contributed by atoms with Gasteiger partial charge in [-0.2, -0.15) is 4.98 Å². The molecule has 0 unspecified atom stereocenters. The van der Waals surface area contributed by atoms with Gasteiger partial charge in [0, 0.05) is 10.4 Å². The van der Waals surface area contributed by atoms with Crippen molar-refractivity contribution in [3.8, 4) is 5.75 Å². The molecule has 21 heavy (non-hydrogen) atoms. The average Bonchev–Trinajstić information content (AvgIpc) is 3.00. The number of benzene rings is 1. The van der Waals surface area contributed by atoms with Crippen LogP contribution in [0, 0.1) is 6.92 Å². The van der Waals surface area contributed by atoms with Gasteiger partial charge in [-0.1, -0.05) is 11.6 Å². The number of anilines is 1. The third kappa shape index (κ3) is 3.14. The molecule has 0 saturated heterocycles. The second kappa shape index (κ2) is 5.71. The first-order valence-electron chi connectivity index (χ1n) is 6.11. The Morgan fingerprint density at radius 3 is 2.90 bits per heavy atom. The SMILES string of the molecule is Cc1csc2nc(NC(=O)COc3ccc(Cl)cc3)nn12. The lowest BCUT2D eigenvalue weighted by molar-refractivity contribution is -0.118. The van der Waals surface area contributed by atoms with E-state index in [2.05, 4.69) is 15.4 Å². The van der Waals surface area contributed by atoms with Crippen LogP contribution in [0.2, 0.25) is 5.02 Å². The molecule has 0 fully saturated rings. The fraction of sp³-hybridized carbons (Fsp3) is 0.154. The fourth-order valence-corrected chi connectivity index (χ4v) is 2.61. The lowest BCUT2D eigenvalue weighted by Gasteiger charge is -2.05. The van der Waals surface area contributed by atoms with Crippen molar-refractivity contribution >= 4 is 39.8 Å². The monoisotopic (exact) mass is 322 g/mol. The molecule has 3 rings (SSSR count). The number of nitrogens with zero attached hydrogens (tertiary/aromatic N) is 3. The highest BCUT2D eigenvalue weighted by Gasteiger charge is 2.10. The Morgan fingerprint density at radius 1 is 1.43 bits per heavy atom. The molecule has 2 aromatic heterocycles. The number of halogens is 1. The lowest BCUT2D eigenvalue weighted by atomic mass is 10.3. The smallest absolute Gasteiger partial charge is 0.264 e. The Morgan fingerprint density at radius 2 is 2.19 bits per heavy atom. The maximum Gasteiger partial charge on any atom is 0.264 e. The van der Waals surface area contributed by atoms with Gasteiger partial charge in [0.15, 0.2) is 6.61 Å². The predicted molar refractivity (Wildman–Crippen MR) is 81.2 cm³/mol. The summed E-state index contributed by atoms with van der Waals surface area (Å²) in [5.41, 5.74) is 0.973. The first-order valence-corrected chi connectivity index (χ1v) is 7.36. The van der Waals surface area contributed by atoms with Gasteiger partial charge >= 0.3 is 0 Å². The van der Waals surface area contributed by atoms with Crippen LogP contribution in [-0.4, -0.2) is 27.1 Å². The Hall–Kier alpha value is -2.12. The second-order valence-corrected chi connectivity index (χ2v) is 5.57. The molecule has 0 spiro atoms. The van der Waals surface area contributed by atoms with Crippen LogP contribution in [0.25, 0.3) is 4.96 Å². The van der Waals surface area contributed by atoms with Crippen molar-refractivity contribution in [2.24, 2.45) is 0 Å². The van der Waals surface area contributed by atoms with E-state index in [1.54, 1.807) is 28.8 Å². The molecule has 0 bridgehead atoms. The molecule has 0 aliphatic heterocycles. The minimum absolute atomic E-state index is 0.118. The minimum atomic E-state index is -0.319. The first-order chi connectivity index (χ1) is 10.1. The summed E-state index contributed by atoms with van der Waals surface area (Å²) >= 11 is 7.24. The van der Waals surface area contributed by atoms with Crippen LogP contribution in [0.3, 0.4) is 0 Å². The second-order valence-electron chi connectivity index (χ2n) is 4.30. The summed E-state index contributed by atoms with van der Waals surface area (Å²) < 4.78 is 7.02. The summed E-state index contributed by atoms with van der Waals surface area (Å²) in [7, 11) is 0. The van der Waals surface area contributed by atoms with Crippen LogP contribution >= 0.6 is 22.9 Å². The number of hydrogen-bond donors (Lipinski definition) is 1. The number of rotatable bonds is 4. The Balaban J connectivity index is 1.59. The molecule has 0 saturated carbocycles. The van der Waals surface area contributed by atoms with E-state index in [9.17, 15) is 4.79 Å². The van der Waals surface area contributed by atoms with Crippen molar-refractivity contribution in [3.05, 3.63) is 40.4 Å². The summed E-state index contributed by atoms with van der Waals surface area (Å²) in [5, 5.41) is 9.35. The van der Waals surface area contributed by atoms with Crippen molar-refractivity contribution in [3.63, 3.8) is 0 Å². The maximum absolute atomic E-state index is 11.8.